The molecule has 0 unspecified atom stereocenters. The summed E-state index contributed by atoms with van der Waals surface area (Å²) in [5.41, 5.74) is 5.92. The molecule has 0 radical (unpaired) electrons. The first-order valence-corrected chi connectivity index (χ1v) is 2.98. The molecular weight excluding hydrogens is 140 g/mol. The fourth-order valence-corrected chi connectivity index (χ4v) is 0.564. The molecule has 4 nitrogen and oxygen atoms in total. The van der Waals surface area contributed by atoms with Gasteiger partial charge in [0.15, 0.2) is 0 Å². The molecule has 2 N–H and O–H groups in total. The molecule has 0 atom stereocenters. The Morgan fingerprint density at radius 3 is 2.82 bits per heavy atom. The Labute approximate surface area is 64.0 Å². The van der Waals surface area contributed by atoms with Crippen LogP contribution in [0.5, 0.6) is 0 Å². The Balaban J connectivity index is 2.84. The number of allylic oxidation sites excluding steroid dienone is 1. The van der Waals surface area contributed by atoms with Crippen LogP contribution in [0.25, 0.3) is 6.08 Å². The molecule has 0 saturated carbocycles. The first kappa shape index (κ1) is 7.22. The Morgan fingerprint density at radius 1 is 1.45 bits per heavy atom. The van der Waals surface area contributed by atoms with Gasteiger partial charge in [-0.15, -0.1) is 10.2 Å². The quantitative estimate of drug-likeness (QED) is 0.588. The molecule has 11 heavy (non-hydrogen) atoms. The van der Waals surface area contributed by atoms with Crippen LogP contribution in [0, 0.1) is 11.3 Å². The average molecular weight is 146 g/mol. The fraction of sp³-hybridized carbons (Fsp3) is 0. The third-order valence-corrected chi connectivity index (χ3v) is 1.03. The Morgan fingerprint density at radius 2 is 2.27 bits per heavy atom. The van der Waals surface area contributed by atoms with Crippen molar-refractivity contribution in [2.45, 2.75) is 0 Å². The number of nitrogen functional groups attached to an aromatic ring is 1. The van der Waals surface area contributed by atoms with Crippen LogP contribution >= 0.6 is 0 Å². The second-order valence-electron chi connectivity index (χ2n) is 1.85. The second kappa shape index (κ2) is 3.32. The Kier molecular flexibility index (Phi) is 2.18. The van der Waals surface area contributed by atoms with E-state index in [-0.39, 0.29) is 0 Å². The van der Waals surface area contributed by atoms with Gasteiger partial charge in [-0.2, -0.15) is 5.26 Å². The summed E-state index contributed by atoms with van der Waals surface area (Å²) in [5.74, 6) is 0.374. The maximum Gasteiger partial charge on any atom is 0.146 e. The minimum Gasteiger partial charge on any atom is -0.382 e. The predicted octanol–water partition coefficient (Wildman–Crippen LogP) is 0.596. The molecule has 0 aliphatic heterocycles. The van der Waals surface area contributed by atoms with Gasteiger partial charge in [0.1, 0.15) is 5.82 Å². The Bertz CT molecular complexity index is 293. The van der Waals surface area contributed by atoms with Gasteiger partial charge in [-0.25, -0.2) is 0 Å². The summed E-state index contributed by atoms with van der Waals surface area (Å²) >= 11 is 0. The topological polar surface area (TPSA) is 75.6 Å². The van der Waals surface area contributed by atoms with E-state index in [4.69, 9.17) is 11.0 Å². The van der Waals surface area contributed by atoms with Crippen molar-refractivity contribution in [1.82, 2.24) is 10.2 Å². The van der Waals surface area contributed by atoms with Crippen LogP contribution in [-0.2, 0) is 0 Å². The number of nitrogens with two attached hydrogens (primary N) is 1. The van der Waals surface area contributed by atoms with E-state index in [1.165, 1.54) is 6.08 Å². The highest BCUT2D eigenvalue weighted by molar-refractivity contribution is 5.47. The van der Waals surface area contributed by atoms with Gasteiger partial charge in [0.05, 0.1) is 11.8 Å². The molecule has 0 amide bonds. The molecule has 54 valence electrons. The number of hydrogen-bond acceptors (Lipinski definition) is 4. The van der Waals surface area contributed by atoms with Crippen LogP contribution in [0.15, 0.2) is 18.2 Å². The van der Waals surface area contributed by atoms with Gasteiger partial charge in [0, 0.05) is 6.08 Å². The minimum atomic E-state index is 0.374. The highest BCUT2D eigenvalue weighted by atomic mass is 15.1. The maximum atomic E-state index is 8.17. The number of nitriles is 1. The molecule has 4 heteroatoms. The van der Waals surface area contributed by atoms with Gasteiger partial charge in [-0.1, -0.05) is 0 Å². The van der Waals surface area contributed by atoms with Crippen molar-refractivity contribution in [3.05, 3.63) is 23.9 Å². The van der Waals surface area contributed by atoms with E-state index in [0.29, 0.717) is 11.5 Å². The van der Waals surface area contributed by atoms with Crippen LogP contribution in [0.2, 0.25) is 0 Å². The van der Waals surface area contributed by atoms with Crippen LogP contribution in [0.4, 0.5) is 5.82 Å². The molecule has 1 aromatic rings. The standard InChI is InChI=1S/C7H6N4/c8-5-1-2-6-3-4-7(9)11-10-6/h1-4H,(H2,9,11). The zero-order valence-corrected chi connectivity index (χ0v) is 5.73. The summed E-state index contributed by atoms with van der Waals surface area (Å²) in [7, 11) is 0. The summed E-state index contributed by atoms with van der Waals surface area (Å²) in [5, 5.41) is 15.5. The first-order valence-electron chi connectivity index (χ1n) is 2.98. The van der Waals surface area contributed by atoms with Gasteiger partial charge < -0.3 is 5.73 Å². The van der Waals surface area contributed by atoms with E-state index < -0.39 is 0 Å². The summed E-state index contributed by atoms with van der Waals surface area (Å²) in [6.07, 6.45) is 2.90. The second-order valence-corrected chi connectivity index (χ2v) is 1.85. The van der Waals surface area contributed by atoms with E-state index in [1.54, 1.807) is 18.2 Å². The van der Waals surface area contributed by atoms with Crippen molar-refractivity contribution in [3.8, 4) is 6.07 Å². The lowest BCUT2D eigenvalue weighted by molar-refractivity contribution is 1.03. The maximum absolute atomic E-state index is 8.17. The molecule has 0 saturated heterocycles. The van der Waals surface area contributed by atoms with Crippen LogP contribution in [0.1, 0.15) is 5.69 Å². The SMILES string of the molecule is N#CC=Cc1ccc(N)nn1. The number of nitrogens with zero attached hydrogens (tertiary/aromatic N) is 3. The van der Waals surface area contributed by atoms with Crippen molar-refractivity contribution >= 4 is 11.9 Å². The van der Waals surface area contributed by atoms with Gasteiger partial charge >= 0.3 is 0 Å². The summed E-state index contributed by atoms with van der Waals surface area (Å²) in [6.45, 7) is 0. The van der Waals surface area contributed by atoms with Crippen LogP contribution < -0.4 is 5.73 Å². The highest BCUT2D eigenvalue weighted by Gasteiger charge is 1.87. The van der Waals surface area contributed by atoms with E-state index in [9.17, 15) is 0 Å². The minimum absolute atomic E-state index is 0.374. The van der Waals surface area contributed by atoms with E-state index in [2.05, 4.69) is 10.2 Å². The largest absolute Gasteiger partial charge is 0.382 e. The molecule has 0 spiro atoms. The van der Waals surface area contributed by atoms with E-state index in [1.807, 2.05) is 6.07 Å². The summed E-state index contributed by atoms with van der Waals surface area (Å²) < 4.78 is 0. The third kappa shape index (κ3) is 2.06. The zero-order chi connectivity index (χ0) is 8.10. The molecule has 1 heterocycles. The Hall–Kier alpha value is -1.89. The van der Waals surface area contributed by atoms with Crippen molar-refractivity contribution in [3.63, 3.8) is 0 Å². The van der Waals surface area contributed by atoms with Crippen LogP contribution in [-0.4, -0.2) is 10.2 Å². The van der Waals surface area contributed by atoms with Gasteiger partial charge in [0.25, 0.3) is 0 Å². The lowest BCUT2D eigenvalue weighted by Crippen LogP contribution is -1.92. The number of aromatic nitrogens is 2. The number of hydrogen-bond donors (Lipinski definition) is 1. The lowest BCUT2D eigenvalue weighted by atomic mass is 10.3. The monoisotopic (exact) mass is 146 g/mol. The number of anilines is 1. The smallest absolute Gasteiger partial charge is 0.146 e. The summed E-state index contributed by atoms with van der Waals surface area (Å²) in [6, 6.07) is 5.17. The van der Waals surface area contributed by atoms with E-state index >= 15 is 0 Å². The van der Waals surface area contributed by atoms with Crippen molar-refractivity contribution < 1.29 is 0 Å². The highest BCUT2D eigenvalue weighted by Crippen LogP contribution is 1.98. The molecule has 0 aliphatic rings. The molecule has 1 rings (SSSR count). The van der Waals surface area contributed by atoms with Crippen molar-refractivity contribution in [1.29, 1.82) is 5.26 Å². The summed E-state index contributed by atoms with van der Waals surface area (Å²) in [4.78, 5) is 0. The molecular formula is C7H6N4. The van der Waals surface area contributed by atoms with Crippen molar-refractivity contribution in [2.75, 3.05) is 5.73 Å². The zero-order valence-electron chi connectivity index (χ0n) is 5.73. The normalized spacial score (nSPS) is 9.73. The molecule has 0 fully saturated rings. The molecule has 0 bridgehead atoms. The van der Waals surface area contributed by atoms with Crippen molar-refractivity contribution in [2.24, 2.45) is 0 Å². The fourth-order valence-electron chi connectivity index (χ4n) is 0.564. The molecule has 1 aromatic heterocycles. The average Bonchev–Trinajstić information content (AvgIpc) is 2.04. The van der Waals surface area contributed by atoms with Gasteiger partial charge in [0.2, 0.25) is 0 Å². The first-order chi connectivity index (χ1) is 5.33. The van der Waals surface area contributed by atoms with Crippen LogP contribution in [0.3, 0.4) is 0 Å². The van der Waals surface area contributed by atoms with Gasteiger partial charge in [-0.3, -0.25) is 0 Å². The number of rotatable bonds is 1. The van der Waals surface area contributed by atoms with Gasteiger partial charge in [-0.05, 0) is 18.2 Å². The van der Waals surface area contributed by atoms with E-state index in [0.717, 1.165) is 0 Å². The molecule has 0 aliphatic carbocycles. The lowest BCUT2D eigenvalue weighted by Gasteiger charge is -1.89. The third-order valence-electron chi connectivity index (χ3n) is 1.03. The molecule has 0 aromatic carbocycles. The predicted molar refractivity (Wildman–Crippen MR) is 41.1 cm³/mol.